The van der Waals surface area contributed by atoms with Gasteiger partial charge in [0.2, 0.25) is 21.8 Å². The molecule has 0 spiro atoms. The normalized spacial score (nSPS) is 15.0. The van der Waals surface area contributed by atoms with Crippen molar-refractivity contribution in [3.8, 4) is 0 Å². The summed E-state index contributed by atoms with van der Waals surface area (Å²) < 4.78 is 32.6. The summed E-state index contributed by atoms with van der Waals surface area (Å²) in [5.74, 6) is -2.71. The molecule has 1 aromatic rings. The number of ether oxygens (including phenoxy) is 1. The van der Waals surface area contributed by atoms with Gasteiger partial charge in [-0.05, 0) is 30.9 Å². The Bertz CT molecular complexity index is 995. The highest BCUT2D eigenvalue weighted by Crippen LogP contribution is 2.18. The molecule has 12 nitrogen and oxygen atoms in total. The van der Waals surface area contributed by atoms with Crippen LogP contribution in [0.15, 0.2) is 29.2 Å². The number of methoxy groups -OCH3 is 1. The number of nitro benzene ring substituents is 1. The van der Waals surface area contributed by atoms with Gasteiger partial charge >= 0.3 is 5.97 Å². The molecule has 0 aliphatic heterocycles. The first-order valence-corrected chi connectivity index (χ1v) is 12.2. The van der Waals surface area contributed by atoms with E-state index >= 15 is 0 Å². The van der Waals surface area contributed by atoms with E-state index in [2.05, 4.69) is 20.1 Å². The van der Waals surface area contributed by atoms with Crippen molar-refractivity contribution >= 4 is 33.5 Å². The summed E-state index contributed by atoms with van der Waals surface area (Å²) >= 11 is 0. The van der Waals surface area contributed by atoms with E-state index in [4.69, 9.17) is 0 Å². The maximum atomic E-state index is 12.9. The summed E-state index contributed by atoms with van der Waals surface area (Å²) in [7, 11) is -3.00. The first-order valence-electron chi connectivity index (χ1n) is 10.7. The molecule has 2 amide bonds. The van der Waals surface area contributed by atoms with Gasteiger partial charge in [0.05, 0.1) is 16.9 Å². The lowest BCUT2D eigenvalue weighted by atomic mass is 9.99. The van der Waals surface area contributed by atoms with Crippen LogP contribution in [0.25, 0.3) is 0 Å². The van der Waals surface area contributed by atoms with Crippen LogP contribution in [0, 0.1) is 22.0 Å². The first kappa shape index (κ1) is 29.0. The molecule has 0 aliphatic carbocycles. The van der Waals surface area contributed by atoms with Crippen molar-refractivity contribution in [2.24, 2.45) is 11.8 Å². The minimum Gasteiger partial charge on any atom is -0.467 e. The second-order valence-corrected chi connectivity index (χ2v) is 9.93. The number of hydrogen-bond donors (Lipinski definition) is 3. The Morgan fingerprint density at radius 2 is 1.56 bits per heavy atom. The van der Waals surface area contributed by atoms with E-state index in [0.717, 1.165) is 24.3 Å². The van der Waals surface area contributed by atoms with E-state index < -0.39 is 56.8 Å². The number of rotatable bonds is 12. The molecule has 0 fully saturated rings. The van der Waals surface area contributed by atoms with Crippen LogP contribution in [-0.2, 0) is 29.1 Å². The molecule has 4 atom stereocenters. The molecule has 0 aromatic heterocycles. The molecule has 0 bridgehead atoms. The molecular formula is C21H32N4O8S. The number of non-ortho nitro benzene ring substituents is 1. The monoisotopic (exact) mass is 500 g/mol. The highest BCUT2D eigenvalue weighted by Gasteiger charge is 2.33. The molecule has 13 heteroatoms. The number of amides is 2. The Labute approximate surface area is 199 Å². The van der Waals surface area contributed by atoms with E-state index in [-0.39, 0.29) is 16.5 Å². The van der Waals surface area contributed by atoms with Crippen molar-refractivity contribution in [2.45, 2.75) is 64.1 Å². The van der Waals surface area contributed by atoms with Gasteiger partial charge in [-0.3, -0.25) is 19.7 Å². The number of carbonyl (C=O) groups excluding carboxylic acids is 3. The highest BCUT2D eigenvalue weighted by atomic mass is 32.2. The molecule has 190 valence electrons. The maximum absolute atomic E-state index is 12.9. The zero-order chi connectivity index (χ0) is 26.2. The van der Waals surface area contributed by atoms with Gasteiger partial charge in [-0.1, -0.05) is 34.1 Å². The molecule has 34 heavy (non-hydrogen) atoms. The van der Waals surface area contributed by atoms with Crippen LogP contribution in [0.4, 0.5) is 5.69 Å². The van der Waals surface area contributed by atoms with Gasteiger partial charge in [-0.2, -0.15) is 4.72 Å². The van der Waals surface area contributed by atoms with Gasteiger partial charge in [0.1, 0.15) is 18.1 Å². The van der Waals surface area contributed by atoms with E-state index in [1.54, 1.807) is 27.7 Å². The minimum atomic E-state index is -4.20. The van der Waals surface area contributed by atoms with Crippen LogP contribution in [0.3, 0.4) is 0 Å². The smallest absolute Gasteiger partial charge is 0.328 e. The third-order valence-electron chi connectivity index (χ3n) is 5.31. The number of nitro groups is 1. The van der Waals surface area contributed by atoms with Crippen molar-refractivity contribution < 1.29 is 32.5 Å². The van der Waals surface area contributed by atoms with Gasteiger partial charge < -0.3 is 15.4 Å². The fourth-order valence-electron chi connectivity index (χ4n) is 2.92. The standard InChI is InChI=1S/C21H32N4O8S/c1-7-13(4)18(24-34(31,32)16-10-8-15(9-11-16)25(29)30)20(27)22-14(5)19(26)23-17(12(2)3)21(28)33-6/h8-14,17-18,24H,7H2,1-6H3,(H,22,27)(H,23,26)/t13-,14+,17-,18-/m0/s1. The van der Waals surface area contributed by atoms with Crippen LogP contribution < -0.4 is 15.4 Å². The topological polar surface area (TPSA) is 174 Å². The van der Waals surface area contributed by atoms with Gasteiger partial charge in [0.15, 0.2) is 0 Å². The third-order valence-corrected chi connectivity index (χ3v) is 6.76. The molecule has 0 aliphatic rings. The summed E-state index contributed by atoms with van der Waals surface area (Å²) in [4.78, 5) is 47.2. The van der Waals surface area contributed by atoms with Crippen molar-refractivity contribution in [2.75, 3.05) is 7.11 Å². The van der Waals surface area contributed by atoms with Crippen molar-refractivity contribution in [3.63, 3.8) is 0 Å². The number of carbonyl (C=O) groups is 3. The molecule has 1 rings (SSSR count). The number of sulfonamides is 1. The van der Waals surface area contributed by atoms with Crippen LogP contribution in [-0.4, -0.2) is 56.4 Å². The molecule has 0 unspecified atom stereocenters. The van der Waals surface area contributed by atoms with Gasteiger partial charge in [-0.25, -0.2) is 13.2 Å². The predicted molar refractivity (Wildman–Crippen MR) is 123 cm³/mol. The molecule has 0 radical (unpaired) electrons. The Morgan fingerprint density at radius 3 is 2.00 bits per heavy atom. The first-order chi connectivity index (χ1) is 15.7. The van der Waals surface area contributed by atoms with Gasteiger partial charge in [0, 0.05) is 12.1 Å². The van der Waals surface area contributed by atoms with Crippen molar-refractivity contribution in [1.82, 2.24) is 15.4 Å². The van der Waals surface area contributed by atoms with Crippen LogP contribution in [0.5, 0.6) is 0 Å². The lowest BCUT2D eigenvalue weighted by Gasteiger charge is -2.26. The van der Waals surface area contributed by atoms with Crippen molar-refractivity contribution in [1.29, 1.82) is 0 Å². The molecule has 0 saturated heterocycles. The minimum absolute atomic E-state index is 0.247. The number of esters is 1. The molecular weight excluding hydrogens is 468 g/mol. The van der Waals surface area contributed by atoms with Crippen LogP contribution in [0.2, 0.25) is 0 Å². The number of hydrogen-bond acceptors (Lipinski definition) is 8. The summed E-state index contributed by atoms with van der Waals surface area (Å²) in [6.45, 7) is 8.28. The number of nitrogens with zero attached hydrogens (tertiary/aromatic N) is 1. The van der Waals surface area contributed by atoms with E-state index in [9.17, 15) is 32.9 Å². The SMILES string of the molecule is CC[C@H](C)[C@H](NS(=O)(=O)c1ccc([N+](=O)[O-])cc1)C(=O)N[C@H](C)C(=O)N[C@H](C(=O)OC)C(C)C. The summed E-state index contributed by atoms with van der Waals surface area (Å²) in [5, 5.41) is 15.8. The summed E-state index contributed by atoms with van der Waals surface area (Å²) in [6.07, 6.45) is 0.444. The van der Waals surface area contributed by atoms with Gasteiger partial charge in [-0.15, -0.1) is 0 Å². The third kappa shape index (κ3) is 7.76. The zero-order valence-corrected chi connectivity index (χ0v) is 20.8. The lowest BCUT2D eigenvalue weighted by Crippen LogP contribution is -2.56. The fourth-order valence-corrected chi connectivity index (χ4v) is 4.22. The Hall–Kier alpha value is -3.06. The molecule has 1 aromatic carbocycles. The largest absolute Gasteiger partial charge is 0.467 e. The highest BCUT2D eigenvalue weighted by molar-refractivity contribution is 7.89. The van der Waals surface area contributed by atoms with Crippen LogP contribution in [0.1, 0.15) is 41.0 Å². The Morgan fingerprint density at radius 1 is 1.00 bits per heavy atom. The Balaban J connectivity index is 3.01. The van der Waals surface area contributed by atoms with Crippen molar-refractivity contribution in [3.05, 3.63) is 34.4 Å². The van der Waals surface area contributed by atoms with E-state index in [1.165, 1.54) is 14.0 Å². The zero-order valence-electron chi connectivity index (χ0n) is 20.0. The lowest BCUT2D eigenvalue weighted by molar-refractivity contribution is -0.384. The number of benzene rings is 1. The number of nitrogens with one attached hydrogen (secondary N) is 3. The fraction of sp³-hybridized carbons (Fsp3) is 0.571. The molecule has 0 saturated carbocycles. The second kappa shape index (κ2) is 12.4. The average Bonchev–Trinajstić information content (AvgIpc) is 2.79. The van der Waals surface area contributed by atoms with Gasteiger partial charge in [0.25, 0.3) is 5.69 Å². The Kier molecular flexibility index (Phi) is 10.6. The summed E-state index contributed by atoms with van der Waals surface area (Å²) in [6, 6.07) is 1.03. The predicted octanol–water partition coefficient (Wildman–Crippen LogP) is 1.11. The van der Waals surface area contributed by atoms with Crippen LogP contribution >= 0.6 is 0 Å². The quantitative estimate of drug-likeness (QED) is 0.217. The van der Waals surface area contributed by atoms with E-state index in [1.807, 2.05) is 0 Å². The average molecular weight is 501 g/mol. The summed E-state index contributed by atoms with van der Waals surface area (Å²) in [5.41, 5.74) is -0.276. The second-order valence-electron chi connectivity index (χ2n) is 8.22. The maximum Gasteiger partial charge on any atom is 0.328 e. The van der Waals surface area contributed by atoms with E-state index in [0.29, 0.717) is 6.42 Å². The molecule has 3 N–H and O–H groups in total. The molecule has 0 heterocycles.